The molecule has 1 aliphatic rings. The fourth-order valence-electron chi connectivity index (χ4n) is 2.70. The van der Waals surface area contributed by atoms with Crippen molar-refractivity contribution in [3.63, 3.8) is 0 Å². The summed E-state index contributed by atoms with van der Waals surface area (Å²) in [6.07, 6.45) is 5.14. The van der Waals surface area contributed by atoms with E-state index in [1.807, 2.05) is 0 Å². The second kappa shape index (κ2) is 8.31. The molecule has 0 unspecified atom stereocenters. The van der Waals surface area contributed by atoms with Crippen molar-refractivity contribution >= 4 is 17.5 Å². The van der Waals surface area contributed by atoms with Crippen molar-refractivity contribution in [2.24, 2.45) is 11.0 Å². The first-order chi connectivity index (χ1) is 11.1. The minimum Gasteiger partial charge on any atom is -0.507 e. The van der Waals surface area contributed by atoms with E-state index < -0.39 is 0 Å². The van der Waals surface area contributed by atoms with E-state index in [4.69, 9.17) is 0 Å². The molecule has 0 radical (unpaired) electrons. The molecular weight excluding hydrogens is 294 g/mol. The molecule has 0 heterocycles. The number of hydrogen-bond acceptors (Lipinski definition) is 4. The highest BCUT2D eigenvalue weighted by atomic mass is 16.3. The van der Waals surface area contributed by atoms with E-state index in [9.17, 15) is 14.7 Å². The predicted octanol–water partition coefficient (Wildman–Crippen LogP) is 1.93. The maximum atomic E-state index is 11.9. The number of carbonyl (C=O) groups is 2. The Balaban J connectivity index is 1.79. The van der Waals surface area contributed by atoms with Gasteiger partial charge in [-0.2, -0.15) is 5.10 Å². The van der Waals surface area contributed by atoms with Crippen molar-refractivity contribution in [2.45, 2.75) is 39.0 Å². The number of phenolic OH excluding ortho intramolecular Hbond substituents is 1. The lowest BCUT2D eigenvalue weighted by Crippen LogP contribution is -2.39. The van der Waals surface area contributed by atoms with Crippen molar-refractivity contribution in [1.82, 2.24) is 10.7 Å². The number of amides is 2. The maximum absolute atomic E-state index is 11.9. The quantitative estimate of drug-likeness (QED) is 0.572. The highest BCUT2D eigenvalue weighted by Gasteiger charge is 2.21. The van der Waals surface area contributed by atoms with Crippen molar-refractivity contribution in [3.8, 4) is 5.75 Å². The highest BCUT2D eigenvalue weighted by Crippen LogP contribution is 2.23. The molecule has 1 aromatic carbocycles. The molecule has 0 spiro atoms. The monoisotopic (exact) mass is 317 g/mol. The first-order valence-corrected chi connectivity index (χ1v) is 7.97. The zero-order valence-electron chi connectivity index (χ0n) is 13.3. The van der Waals surface area contributed by atoms with E-state index >= 15 is 0 Å². The number of carbonyl (C=O) groups excluding carboxylic acids is 2. The SMILES string of the molecule is CC(=NNC(=O)CNC(=O)C1CCCCC1)c1ccccc1O. The zero-order chi connectivity index (χ0) is 16.7. The number of hydrazone groups is 1. The van der Waals surface area contributed by atoms with E-state index in [-0.39, 0.29) is 30.0 Å². The summed E-state index contributed by atoms with van der Waals surface area (Å²) in [5.74, 6) is -0.304. The third kappa shape index (κ3) is 5.09. The second-order valence-corrected chi connectivity index (χ2v) is 5.80. The molecular formula is C17H23N3O3. The number of hydrogen-bond donors (Lipinski definition) is 3. The first kappa shape index (κ1) is 17.0. The average Bonchev–Trinajstić information content (AvgIpc) is 2.58. The van der Waals surface area contributed by atoms with Gasteiger partial charge in [-0.25, -0.2) is 5.43 Å². The Morgan fingerprint density at radius 3 is 2.61 bits per heavy atom. The lowest BCUT2D eigenvalue weighted by atomic mass is 9.89. The van der Waals surface area contributed by atoms with Crippen LogP contribution in [0.15, 0.2) is 29.4 Å². The molecule has 0 bridgehead atoms. The van der Waals surface area contributed by atoms with Crippen molar-refractivity contribution in [3.05, 3.63) is 29.8 Å². The molecule has 1 aromatic rings. The number of aromatic hydroxyl groups is 1. The summed E-state index contributed by atoms with van der Waals surface area (Å²) in [6, 6.07) is 6.76. The van der Waals surface area contributed by atoms with Crippen molar-refractivity contribution < 1.29 is 14.7 Å². The molecule has 2 amide bonds. The van der Waals surface area contributed by atoms with Gasteiger partial charge in [0.05, 0.1) is 12.3 Å². The Kier molecular flexibility index (Phi) is 6.14. The maximum Gasteiger partial charge on any atom is 0.259 e. The Labute approximate surface area is 136 Å². The van der Waals surface area contributed by atoms with Crippen LogP contribution in [-0.4, -0.2) is 29.2 Å². The lowest BCUT2D eigenvalue weighted by Gasteiger charge is -2.20. The summed E-state index contributed by atoms with van der Waals surface area (Å²) < 4.78 is 0. The van der Waals surface area contributed by atoms with Gasteiger partial charge in [-0.3, -0.25) is 9.59 Å². The number of rotatable bonds is 5. The zero-order valence-corrected chi connectivity index (χ0v) is 13.3. The van der Waals surface area contributed by atoms with Gasteiger partial charge in [-0.1, -0.05) is 31.4 Å². The van der Waals surface area contributed by atoms with Crippen LogP contribution in [0.4, 0.5) is 0 Å². The Morgan fingerprint density at radius 1 is 1.22 bits per heavy atom. The van der Waals surface area contributed by atoms with Gasteiger partial charge in [0, 0.05) is 11.5 Å². The summed E-state index contributed by atoms with van der Waals surface area (Å²) in [5, 5.41) is 16.3. The van der Waals surface area contributed by atoms with Crippen LogP contribution in [-0.2, 0) is 9.59 Å². The van der Waals surface area contributed by atoms with E-state index in [1.165, 1.54) is 6.42 Å². The smallest absolute Gasteiger partial charge is 0.259 e. The third-order valence-corrected chi connectivity index (χ3v) is 4.04. The Morgan fingerprint density at radius 2 is 1.91 bits per heavy atom. The Hall–Kier alpha value is -2.37. The van der Waals surface area contributed by atoms with Gasteiger partial charge in [0.2, 0.25) is 5.91 Å². The van der Waals surface area contributed by atoms with E-state index in [0.717, 1.165) is 25.7 Å². The highest BCUT2D eigenvalue weighted by molar-refractivity contribution is 6.01. The van der Waals surface area contributed by atoms with E-state index in [0.29, 0.717) is 11.3 Å². The van der Waals surface area contributed by atoms with Crippen LogP contribution in [0.3, 0.4) is 0 Å². The number of benzene rings is 1. The number of phenols is 1. The topological polar surface area (TPSA) is 90.8 Å². The number of para-hydroxylation sites is 1. The molecule has 3 N–H and O–H groups in total. The van der Waals surface area contributed by atoms with Crippen molar-refractivity contribution in [1.29, 1.82) is 0 Å². The molecule has 23 heavy (non-hydrogen) atoms. The molecule has 124 valence electrons. The third-order valence-electron chi connectivity index (χ3n) is 4.04. The predicted molar refractivity (Wildman–Crippen MR) is 88.0 cm³/mol. The summed E-state index contributed by atoms with van der Waals surface area (Å²) in [7, 11) is 0. The van der Waals surface area contributed by atoms with Crippen LogP contribution in [0.2, 0.25) is 0 Å². The van der Waals surface area contributed by atoms with Crippen LogP contribution in [0.5, 0.6) is 5.75 Å². The number of nitrogens with one attached hydrogen (secondary N) is 2. The van der Waals surface area contributed by atoms with Crippen LogP contribution >= 0.6 is 0 Å². The van der Waals surface area contributed by atoms with Gasteiger partial charge >= 0.3 is 0 Å². The van der Waals surface area contributed by atoms with Gasteiger partial charge < -0.3 is 10.4 Å². The Bertz CT molecular complexity index is 593. The molecule has 6 heteroatoms. The molecule has 0 atom stereocenters. The van der Waals surface area contributed by atoms with Gasteiger partial charge in [0.1, 0.15) is 5.75 Å². The van der Waals surface area contributed by atoms with Crippen LogP contribution in [0.1, 0.15) is 44.6 Å². The van der Waals surface area contributed by atoms with Crippen LogP contribution in [0.25, 0.3) is 0 Å². The summed E-state index contributed by atoms with van der Waals surface area (Å²) in [5.41, 5.74) is 3.44. The fraction of sp³-hybridized carbons (Fsp3) is 0.471. The van der Waals surface area contributed by atoms with Crippen molar-refractivity contribution in [2.75, 3.05) is 6.54 Å². The normalized spacial score (nSPS) is 16.0. The minimum atomic E-state index is -0.385. The van der Waals surface area contributed by atoms with Gasteiger partial charge in [-0.05, 0) is 31.9 Å². The molecule has 1 fully saturated rings. The molecule has 1 saturated carbocycles. The largest absolute Gasteiger partial charge is 0.507 e. The van der Waals surface area contributed by atoms with E-state index in [2.05, 4.69) is 15.8 Å². The van der Waals surface area contributed by atoms with Gasteiger partial charge in [0.25, 0.3) is 5.91 Å². The van der Waals surface area contributed by atoms with Crippen LogP contribution < -0.4 is 10.7 Å². The molecule has 6 nitrogen and oxygen atoms in total. The molecule has 0 aliphatic heterocycles. The molecule has 0 saturated heterocycles. The second-order valence-electron chi connectivity index (χ2n) is 5.80. The average molecular weight is 317 g/mol. The van der Waals surface area contributed by atoms with E-state index in [1.54, 1.807) is 31.2 Å². The lowest BCUT2D eigenvalue weighted by molar-refractivity contribution is -0.129. The van der Waals surface area contributed by atoms with Gasteiger partial charge in [0.15, 0.2) is 0 Å². The fourth-order valence-corrected chi connectivity index (χ4v) is 2.70. The van der Waals surface area contributed by atoms with Crippen LogP contribution in [0, 0.1) is 5.92 Å². The minimum absolute atomic E-state index is 0.0306. The summed E-state index contributed by atoms with van der Waals surface area (Å²) in [4.78, 5) is 23.7. The summed E-state index contributed by atoms with van der Waals surface area (Å²) >= 11 is 0. The summed E-state index contributed by atoms with van der Waals surface area (Å²) in [6.45, 7) is 1.60. The first-order valence-electron chi connectivity index (χ1n) is 7.97. The standard InChI is InChI=1S/C17H23N3O3/c1-12(14-9-5-6-10-15(14)21)19-20-16(22)11-18-17(23)13-7-3-2-4-8-13/h5-6,9-10,13,21H,2-4,7-8,11H2,1H3,(H,18,23)(H,20,22). The number of nitrogens with zero attached hydrogens (tertiary/aromatic N) is 1. The molecule has 2 rings (SSSR count). The van der Waals surface area contributed by atoms with Gasteiger partial charge in [-0.15, -0.1) is 0 Å². The molecule has 1 aliphatic carbocycles. The molecule has 0 aromatic heterocycles.